The average Bonchev–Trinajstić information content (AvgIpc) is 2.66. The molecule has 8 heteroatoms. The standard InChI is InChI=1S/C19H18Cl2N2O4/c1-2-3-11-27-19(26)12-7-4-5-9-14(12)22-17(24)18(25)23-15-10-6-8-13(20)16(15)21/h4-10H,2-3,11H2,1H3,(H,22,24)(H,23,25). The summed E-state index contributed by atoms with van der Waals surface area (Å²) >= 11 is 11.9. The summed E-state index contributed by atoms with van der Waals surface area (Å²) in [5, 5.41) is 5.16. The van der Waals surface area contributed by atoms with Crippen molar-refractivity contribution in [2.24, 2.45) is 0 Å². The van der Waals surface area contributed by atoms with Gasteiger partial charge in [-0.3, -0.25) is 9.59 Å². The number of rotatable bonds is 6. The Hall–Kier alpha value is -2.57. The van der Waals surface area contributed by atoms with E-state index in [0.717, 1.165) is 12.8 Å². The van der Waals surface area contributed by atoms with Gasteiger partial charge in [-0.2, -0.15) is 0 Å². The van der Waals surface area contributed by atoms with Crippen molar-refractivity contribution in [3.05, 3.63) is 58.1 Å². The minimum Gasteiger partial charge on any atom is -0.462 e. The average molecular weight is 409 g/mol. The zero-order chi connectivity index (χ0) is 19.8. The summed E-state index contributed by atoms with van der Waals surface area (Å²) in [5.41, 5.74) is 0.545. The lowest BCUT2D eigenvalue weighted by Crippen LogP contribution is -2.30. The molecule has 2 N–H and O–H groups in total. The second kappa shape index (κ2) is 9.94. The van der Waals surface area contributed by atoms with Crippen LogP contribution in [0.25, 0.3) is 0 Å². The first-order chi connectivity index (χ1) is 12.9. The molecule has 0 atom stereocenters. The van der Waals surface area contributed by atoms with Crippen molar-refractivity contribution in [3.63, 3.8) is 0 Å². The molecule has 0 aromatic heterocycles. The maximum atomic E-state index is 12.2. The van der Waals surface area contributed by atoms with Crippen LogP contribution in [-0.4, -0.2) is 24.4 Å². The van der Waals surface area contributed by atoms with Gasteiger partial charge < -0.3 is 15.4 Å². The Balaban J connectivity index is 2.08. The Morgan fingerprint density at radius 1 is 0.926 bits per heavy atom. The highest BCUT2D eigenvalue weighted by Gasteiger charge is 2.19. The maximum absolute atomic E-state index is 12.2. The Morgan fingerprint density at radius 3 is 2.26 bits per heavy atom. The van der Waals surface area contributed by atoms with Gasteiger partial charge in [0, 0.05) is 0 Å². The number of amides is 2. The van der Waals surface area contributed by atoms with Crippen LogP contribution in [0.15, 0.2) is 42.5 Å². The number of nitrogens with one attached hydrogen (secondary N) is 2. The smallest absolute Gasteiger partial charge is 0.340 e. The summed E-state index contributed by atoms with van der Waals surface area (Å²) in [6, 6.07) is 10.9. The van der Waals surface area contributed by atoms with Crippen LogP contribution < -0.4 is 10.6 Å². The molecule has 2 amide bonds. The number of ether oxygens (including phenoxy) is 1. The van der Waals surface area contributed by atoms with Gasteiger partial charge in [-0.25, -0.2) is 4.79 Å². The molecule has 0 unspecified atom stereocenters. The fourth-order valence-corrected chi connectivity index (χ4v) is 2.46. The molecule has 2 rings (SSSR count). The second-order valence-corrected chi connectivity index (χ2v) is 6.33. The summed E-state index contributed by atoms with van der Waals surface area (Å²) in [4.78, 5) is 36.5. The Kier molecular flexibility index (Phi) is 7.64. The van der Waals surface area contributed by atoms with E-state index >= 15 is 0 Å². The van der Waals surface area contributed by atoms with E-state index in [2.05, 4.69) is 10.6 Å². The largest absolute Gasteiger partial charge is 0.462 e. The van der Waals surface area contributed by atoms with Gasteiger partial charge in [0.1, 0.15) is 0 Å². The van der Waals surface area contributed by atoms with E-state index in [9.17, 15) is 14.4 Å². The summed E-state index contributed by atoms with van der Waals surface area (Å²) in [6.07, 6.45) is 1.63. The normalized spacial score (nSPS) is 10.2. The molecule has 0 saturated carbocycles. The van der Waals surface area contributed by atoms with E-state index < -0.39 is 17.8 Å². The van der Waals surface area contributed by atoms with Crippen LogP contribution in [0.4, 0.5) is 11.4 Å². The highest BCUT2D eigenvalue weighted by atomic mass is 35.5. The quantitative estimate of drug-likeness (QED) is 0.417. The topological polar surface area (TPSA) is 84.5 Å². The highest BCUT2D eigenvalue weighted by molar-refractivity contribution is 6.47. The van der Waals surface area contributed by atoms with Gasteiger partial charge in [0.2, 0.25) is 0 Å². The van der Waals surface area contributed by atoms with Crippen LogP contribution in [0.1, 0.15) is 30.1 Å². The summed E-state index contributed by atoms with van der Waals surface area (Å²) in [6.45, 7) is 2.26. The van der Waals surface area contributed by atoms with Crippen LogP contribution in [0.2, 0.25) is 10.0 Å². The Labute approximate surface area is 166 Å². The van der Waals surface area contributed by atoms with Gasteiger partial charge in [-0.1, -0.05) is 54.7 Å². The third-order valence-corrected chi connectivity index (χ3v) is 4.35. The van der Waals surface area contributed by atoms with Crippen molar-refractivity contribution < 1.29 is 19.1 Å². The van der Waals surface area contributed by atoms with Crippen LogP contribution >= 0.6 is 23.2 Å². The van der Waals surface area contributed by atoms with E-state index in [4.69, 9.17) is 27.9 Å². The number of benzene rings is 2. The first-order valence-electron chi connectivity index (χ1n) is 8.26. The van der Waals surface area contributed by atoms with Crippen LogP contribution in [0.5, 0.6) is 0 Å². The molecule has 0 fully saturated rings. The minimum absolute atomic E-state index is 0.125. The molecule has 6 nitrogen and oxygen atoms in total. The van der Waals surface area contributed by atoms with Crippen LogP contribution in [-0.2, 0) is 14.3 Å². The molecule has 0 aliphatic carbocycles. The van der Waals surface area contributed by atoms with Gasteiger partial charge in [0.25, 0.3) is 0 Å². The van der Waals surface area contributed by atoms with E-state index in [0.29, 0.717) is 0 Å². The number of esters is 1. The molecule has 0 aliphatic heterocycles. The lowest BCUT2D eigenvalue weighted by molar-refractivity contribution is -0.133. The molecule has 0 saturated heterocycles. The monoisotopic (exact) mass is 408 g/mol. The van der Waals surface area contributed by atoms with Crippen molar-refractivity contribution in [1.29, 1.82) is 0 Å². The van der Waals surface area contributed by atoms with Crippen molar-refractivity contribution in [1.82, 2.24) is 0 Å². The van der Waals surface area contributed by atoms with E-state index in [1.54, 1.807) is 24.3 Å². The maximum Gasteiger partial charge on any atom is 0.340 e. The number of para-hydroxylation sites is 1. The molecule has 0 heterocycles. The Bertz CT molecular complexity index is 855. The van der Waals surface area contributed by atoms with Crippen LogP contribution in [0, 0.1) is 0 Å². The Morgan fingerprint density at radius 2 is 1.56 bits per heavy atom. The minimum atomic E-state index is -0.958. The number of hydrogen-bond acceptors (Lipinski definition) is 4. The molecule has 0 aliphatic rings. The zero-order valence-corrected chi connectivity index (χ0v) is 16.1. The first-order valence-corrected chi connectivity index (χ1v) is 9.02. The van der Waals surface area contributed by atoms with Crippen molar-refractivity contribution in [2.75, 3.05) is 17.2 Å². The number of unbranched alkanes of at least 4 members (excludes halogenated alkanes) is 1. The number of hydrogen-bond donors (Lipinski definition) is 2. The number of anilines is 2. The highest BCUT2D eigenvalue weighted by Crippen LogP contribution is 2.29. The van der Waals surface area contributed by atoms with E-state index in [1.165, 1.54) is 18.2 Å². The molecule has 0 spiro atoms. The predicted molar refractivity (Wildman–Crippen MR) is 105 cm³/mol. The summed E-state index contributed by atoms with van der Waals surface area (Å²) in [5.74, 6) is -2.48. The van der Waals surface area contributed by atoms with Crippen molar-refractivity contribution in [3.8, 4) is 0 Å². The third kappa shape index (κ3) is 5.70. The molecule has 27 heavy (non-hydrogen) atoms. The predicted octanol–water partition coefficient (Wildman–Crippen LogP) is 4.53. The van der Waals surface area contributed by atoms with Gasteiger partial charge in [-0.15, -0.1) is 0 Å². The third-order valence-electron chi connectivity index (χ3n) is 3.53. The van der Waals surface area contributed by atoms with E-state index in [-0.39, 0.29) is 33.6 Å². The van der Waals surface area contributed by atoms with Crippen LogP contribution in [0.3, 0.4) is 0 Å². The molecular formula is C19H18Cl2N2O4. The molecule has 142 valence electrons. The second-order valence-electron chi connectivity index (χ2n) is 5.54. The lowest BCUT2D eigenvalue weighted by atomic mass is 10.1. The van der Waals surface area contributed by atoms with Crippen molar-refractivity contribution in [2.45, 2.75) is 19.8 Å². The fourth-order valence-electron chi connectivity index (χ4n) is 2.12. The number of carbonyl (C=O) groups excluding carboxylic acids is 3. The SMILES string of the molecule is CCCCOC(=O)c1ccccc1NC(=O)C(=O)Nc1cccc(Cl)c1Cl. The number of carbonyl (C=O) groups is 3. The molecule has 2 aromatic carbocycles. The molecular weight excluding hydrogens is 391 g/mol. The van der Waals surface area contributed by atoms with E-state index in [1.807, 2.05) is 6.92 Å². The summed E-state index contributed by atoms with van der Waals surface area (Å²) < 4.78 is 5.15. The number of halogens is 2. The molecule has 0 bridgehead atoms. The first kappa shape index (κ1) is 20.7. The molecule has 0 radical (unpaired) electrons. The van der Waals surface area contributed by atoms with Crippen molar-refractivity contribution >= 4 is 52.4 Å². The molecule has 2 aromatic rings. The van der Waals surface area contributed by atoms with Gasteiger partial charge in [-0.05, 0) is 30.7 Å². The fraction of sp³-hybridized carbons (Fsp3) is 0.211. The lowest BCUT2D eigenvalue weighted by Gasteiger charge is -2.11. The van der Waals surface area contributed by atoms with Gasteiger partial charge in [0.15, 0.2) is 0 Å². The summed E-state index contributed by atoms with van der Waals surface area (Å²) in [7, 11) is 0. The van der Waals surface area contributed by atoms with Gasteiger partial charge >= 0.3 is 17.8 Å². The van der Waals surface area contributed by atoms with Gasteiger partial charge in [0.05, 0.1) is 33.6 Å². The zero-order valence-electron chi connectivity index (χ0n) is 14.6.